The van der Waals surface area contributed by atoms with Crippen LogP contribution < -0.4 is 10.1 Å². The zero-order valence-electron chi connectivity index (χ0n) is 15.7. The topological polar surface area (TPSA) is 81.7 Å². The van der Waals surface area contributed by atoms with E-state index < -0.39 is 0 Å². The van der Waals surface area contributed by atoms with Crippen LogP contribution in [0.15, 0.2) is 56.5 Å². The van der Waals surface area contributed by atoms with Gasteiger partial charge in [-0.2, -0.15) is 5.10 Å². The quantitative estimate of drug-likeness (QED) is 0.526. The molecule has 2 heterocycles. The standard InChI is InChI=1S/C20H21BrN4O3/c1-3-10-22-20(26)19-17(12-24-25(19)2)23-11-14-8-9-15(28-14)13-27-18-7-5-4-6-16(18)21/h4-9,11-12H,3,10,13H2,1-2H3,(H,22,26). The summed E-state index contributed by atoms with van der Waals surface area (Å²) in [6, 6.07) is 11.3. The summed E-state index contributed by atoms with van der Waals surface area (Å²) in [5.74, 6) is 1.78. The molecule has 146 valence electrons. The normalized spacial score (nSPS) is 11.1. The summed E-state index contributed by atoms with van der Waals surface area (Å²) >= 11 is 3.44. The number of amides is 1. The third kappa shape index (κ3) is 4.89. The van der Waals surface area contributed by atoms with Crippen LogP contribution in [0.1, 0.15) is 35.4 Å². The molecular formula is C20H21BrN4O3. The molecule has 0 aliphatic carbocycles. The fourth-order valence-electron chi connectivity index (χ4n) is 2.49. The molecule has 7 nitrogen and oxygen atoms in total. The lowest BCUT2D eigenvalue weighted by Crippen LogP contribution is -2.26. The highest BCUT2D eigenvalue weighted by atomic mass is 79.9. The van der Waals surface area contributed by atoms with Crippen molar-refractivity contribution in [2.45, 2.75) is 20.0 Å². The first-order valence-corrected chi connectivity index (χ1v) is 9.68. The Kier molecular flexibility index (Phi) is 6.65. The highest BCUT2D eigenvalue weighted by Gasteiger charge is 2.15. The van der Waals surface area contributed by atoms with Crippen LogP contribution in [-0.2, 0) is 13.7 Å². The molecule has 0 spiro atoms. The van der Waals surface area contributed by atoms with Crippen molar-refractivity contribution in [3.05, 3.63) is 64.3 Å². The van der Waals surface area contributed by atoms with Gasteiger partial charge in [-0.05, 0) is 46.6 Å². The van der Waals surface area contributed by atoms with E-state index in [1.807, 2.05) is 37.3 Å². The average Bonchev–Trinajstić information content (AvgIpc) is 3.30. The van der Waals surface area contributed by atoms with Crippen molar-refractivity contribution in [3.63, 3.8) is 0 Å². The van der Waals surface area contributed by atoms with E-state index in [4.69, 9.17) is 9.15 Å². The number of benzene rings is 1. The molecule has 0 atom stereocenters. The Bertz CT molecular complexity index is 977. The molecular weight excluding hydrogens is 424 g/mol. The number of aliphatic imine (C=N–C) groups is 1. The SMILES string of the molecule is CCCNC(=O)c1c(N=Cc2ccc(COc3ccccc3Br)o2)cnn1C. The predicted molar refractivity (Wildman–Crippen MR) is 110 cm³/mol. The van der Waals surface area contributed by atoms with E-state index in [9.17, 15) is 4.79 Å². The number of aromatic nitrogens is 2. The fourth-order valence-corrected chi connectivity index (χ4v) is 2.89. The number of carbonyl (C=O) groups is 1. The summed E-state index contributed by atoms with van der Waals surface area (Å²) in [4.78, 5) is 16.6. The molecule has 8 heteroatoms. The van der Waals surface area contributed by atoms with Crippen molar-refractivity contribution in [3.8, 4) is 5.75 Å². The van der Waals surface area contributed by atoms with Crippen molar-refractivity contribution in [1.29, 1.82) is 0 Å². The van der Waals surface area contributed by atoms with Crippen LogP contribution in [0.5, 0.6) is 5.75 Å². The molecule has 0 radical (unpaired) electrons. The lowest BCUT2D eigenvalue weighted by atomic mass is 10.3. The minimum Gasteiger partial charge on any atom is -0.484 e. The molecule has 1 N–H and O–H groups in total. The van der Waals surface area contributed by atoms with Gasteiger partial charge in [0.25, 0.3) is 5.91 Å². The minimum absolute atomic E-state index is 0.198. The van der Waals surface area contributed by atoms with Crippen LogP contribution >= 0.6 is 15.9 Å². The number of nitrogens with zero attached hydrogens (tertiary/aromatic N) is 3. The summed E-state index contributed by atoms with van der Waals surface area (Å²) in [6.45, 7) is 2.90. The van der Waals surface area contributed by atoms with Crippen LogP contribution in [0.4, 0.5) is 5.69 Å². The molecule has 28 heavy (non-hydrogen) atoms. The zero-order chi connectivity index (χ0) is 19.9. The van der Waals surface area contributed by atoms with Crippen molar-refractivity contribution in [2.24, 2.45) is 12.0 Å². The van der Waals surface area contributed by atoms with Gasteiger partial charge < -0.3 is 14.5 Å². The number of hydrogen-bond donors (Lipinski definition) is 1. The molecule has 2 aromatic heterocycles. The maximum atomic E-state index is 12.3. The Morgan fingerprint density at radius 2 is 2.18 bits per heavy atom. The third-order valence-electron chi connectivity index (χ3n) is 3.89. The predicted octanol–water partition coefficient (Wildman–Crippen LogP) is 4.25. The molecule has 0 unspecified atom stereocenters. The minimum atomic E-state index is -0.198. The Balaban J connectivity index is 1.66. The molecule has 0 aliphatic heterocycles. The molecule has 0 aliphatic rings. The summed E-state index contributed by atoms with van der Waals surface area (Å²) in [5, 5.41) is 6.96. The van der Waals surface area contributed by atoms with E-state index in [2.05, 4.69) is 31.3 Å². The van der Waals surface area contributed by atoms with E-state index in [1.165, 1.54) is 4.68 Å². The summed E-state index contributed by atoms with van der Waals surface area (Å²) in [7, 11) is 1.71. The van der Waals surface area contributed by atoms with E-state index in [0.29, 0.717) is 36.1 Å². The number of rotatable bonds is 8. The van der Waals surface area contributed by atoms with E-state index in [-0.39, 0.29) is 5.91 Å². The second kappa shape index (κ2) is 9.36. The van der Waals surface area contributed by atoms with Crippen LogP contribution in [0, 0.1) is 0 Å². The van der Waals surface area contributed by atoms with Gasteiger partial charge in [0.1, 0.15) is 29.6 Å². The van der Waals surface area contributed by atoms with Crippen molar-refractivity contribution >= 4 is 33.7 Å². The zero-order valence-corrected chi connectivity index (χ0v) is 17.3. The summed E-state index contributed by atoms with van der Waals surface area (Å²) in [5.41, 5.74) is 0.896. The summed E-state index contributed by atoms with van der Waals surface area (Å²) < 4.78 is 13.9. The van der Waals surface area contributed by atoms with Gasteiger partial charge in [-0.3, -0.25) is 9.48 Å². The number of aryl methyl sites for hydroxylation is 1. The van der Waals surface area contributed by atoms with Crippen molar-refractivity contribution < 1.29 is 13.9 Å². The maximum Gasteiger partial charge on any atom is 0.271 e. The number of furan rings is 1. The lowest BCUT2D eigenvalue weighted by Gasteiger charge is -2.05. The molecule has 0 saturated carbocycles. The monoisotopic (exact) mass is 444 g/mol. The van der Waals surface area contributed by atoms with Crippen molar-refractivity contribution in [2.75, 3.05) is 6.54 Å². The van der Waals surface area contributed by atoms with Crippen LogP contribution in [-0.4, -0.2) is 28.4 Å². The van der Waals surface area contributed by atoms with E-state index >= 15 is 0 Å². The van der Waals surface area contributed by atoms with Gasteiger partial charge in [0.05, 0.1) is 16.9 Å². The Morgan fingerprint density at radius 3 is 2.96 bits per heavy atom. The number of ether oxygens (including phenoxy) is 1. The maximum absolute atomic E-state index is 12.3. The van der Waals surface area contributed by atoms with Crippen LogP contribution in [0.3, 0.4) is 0 Å². The number of para-hydroxylation sites is 1. The molecule has 1 amide bonds. The van der Waals surface area contributed by atoms with Gasteiger partial charge in [-0.1, -0.05) is 19.1 Å². The Hall–Kier alpha value is -2.87. The molecule has 0 bridgehead atoms. The first-order chi connectivity index (χ1) is 13.6. The summed E-state index contributed by atoms with van der Waals surface area (Å²) in [6.07, 6.45) is 3.98. The van der Waals surface area contributed by atoms with Gasteiger partial charge in [-0.25, -0.2) is 4.99 Å². The van der Waals surface area contributed by atoms with Crippen LogP contribution in [0.25, 0.3) is 0 Å². The van der Waals surface area contributed by atoms with Crippen molar-refractivity contribution in [1.82, 2.24) is 15.1 Å². The lowest BCUT2D eigenvalue weighted by molar-refractivity contribution is 0.0945. The molecule has 0 saturated heterocycles. The molecule has 0 fully saturated rings. The largest absolute Gasteiger partial charge is 0.484 e. The molecule has 3 rings (SSSR count). The first-order valence-electron chi connectivity index (χ1n) is 8.88. The smallest absolute Gasteiger partial charge is 0.271 e. The number of carbonyl (C=O) groups excluding carboxylic acids is 1. The number of halogens is 1. The number of hydrogen-bond acceptors (Lipinski definition) is 5. The highest BCUT2D eigenvalue weighted by Crippen LogP contribution is 2.25. The second-order valence-corrected chi connectivity index (χ2v) is 6.89. The van der Waals surface area contributed by atoms with E-state index in [0.717, 1.165) is 16.6 Å². The molecule has 1 aromatic carbocycles. The fraction of sp³-hybridized carbons (Fsp3) is 0.250. The first kappa shape index (κ1) is 19.9. The van der Waals surface area contributed by atoms with Gasteiger partial charge in [0.2, 0.25) is 0 Å². The van der Waals surface area contributed by atoms with Gasteiger partial charge in [-0.15, -0.1) is 0 Å². The Labute approximate surface area is 171 Å². The highest BCUT2D eigenvalue weighted by molar-refractivity contribution is 9.10. The second-order valence-electron chi connectivity index (χ2n) is 6.04. The van der Waals surface area contributed by atoms with Gasteiger partial charge >= 0.3 is 0 Å². The van der Waals surface area contributed by atoms with E-state index in [1.54, 1.807) is 25.5 Å². The molecule has 3 aromatic rings. The van der Waals surface area contributed by atoms with Gasteiger partial charge in [0, 0.05) is 13.6 Å². The number of nitrogens with one attached hydrogen (secondary N) is 1. The average molecular weight is 445 g/mol. The van der Waals surface area contributed by atoms with Gasteiger partial charge in [0.15, 0.2) is 5.69 Å². The third-order valence-corrected chi connectivity index (χ3v) is 4.55. The Morgan fingerprint density at radius 1 is 1.36 bits per heavy atom. The van der Waals surface area contributed by atoms with Crippen LogP contribution in [0.2, 0.25) is 0 Å².